The Morgan fingerprint density at radius 2 is 0.850 bits per heavy atom. The van der Waals surface area contributed by atoms with Gasteiger partial charge < -0.3 is 30.3 Å². The molecular weight excluding hydrogens is 757 g/mol. The second-order valence-electron chi connectivity index (χ2n) is 13.5. The Kier molecular flexibility index (Phi) is 10.9. The number of aromatic hydroxyl groups is 2. The van der Waals surface area contributed by atoms with Gasteiger partial charge >= 0.3 is 0 Å². The molecule has 0 saturated carbocycles. The first-order chi connectivity index (χ1) is 29.3. The predicted molar refractivity (Wildman–Crippen MR) is 233 cm³/mol. The van der Waals surface area contributed by atoms with Crippen molar-refractivity contribution < 1.29 is 29.3 Å². The van der Waals surface area contributed by atoms with Crippen molar-refractivity contribution in [2.75, 3.05) is 24.9 Å². The normalized spacial score (nSPS) is 11.3. The number of carbonyl (C=O) groups is 2. The number of nitrogens with one attached hydrogen (secondary N) is 2. The Morgan fingerprint density at radius 1 is 0.467 bits per heavy atom. The summed E-state index contributed by atoms with van der Waals surface area (Å²) in [4.78, 5) is 26.6. The fourth-order valence-corrected chi connectivity index (χ4v) is 6.71. The number of carbonyl (C=O) groups excluding carboxylic acids is 2. The number of rotatable bonds is 11. The zero-order chi connectivity index (χ0) is 41.6. The van der Waals surface area contributed by atoms with Crippen LogP contribution >= 0.6 is 0 Å². The van der Waals surface area contributed by atoms with E-state index in [0.29, 0.717) is 55.8 Å². The summed E-state index contributed by atoms with van der Waals surface area (Å²) < 4.78 is 11.4. The molecule has 0 aromatic heterocycles. The highest BCUT2D eigenvalue weighted by atomic mass is 16.5. The number of para-hydroxylation sites is 2. The van der Waals surface area contributed by atoms with Crippen LogP contribution in [0.5, 0.6) is 23.0 Å². The molecule has 8 rings (SSSR count). The Bertz CT molecular complexity index is 2770. The molecule has 12 nitrogen and oxygen atoms in total. The molecule has 0 spiro atoms. The van der Waals surface area contributed by atoms with Crippen molar-refractivity contribution in [1.82, 2.24) is 0 Å². The largest absolute Gasteiger partial charge is 0.505 e. The first-order valence-electron chi connectivity index (χ1n) is 18.7. The maximum Gasteiger partial charge on any atom is 0.259 e. The number of azo groups is 2. The highest BCUT2D eigenvalue weighted by Crippen LogP contribution is 2.43. The minimum Gasteiger partial charge on any atom is -0.505 e. The number of ether oxygens (including phenoxy) is 2. The summed E-state index contributed by atoms with van der Waals surface area (Å²) in [5.41, 5.74) is 3.84. The average molecular weight is 793 g/mol. The van der Waals surface area contributed by atoms with Crippen molar-refractivity contribution in [3.05, 3.63) is 169 Å². The standard InChI is InChI=1S/C48H36N6O6/c1-59-41-27-29(21-23-39(41)51-53-43-35-19-11-9-13-31(35)25-37(45(43)55)47(57)49-33-15-5-3-6-16-33)30-22-24-40(42(28-30)60-2)52-54-44-36-20-12-10-14-32(36)26-38(46(44)56)48(58)50-34-17-7-4-8-18-34/h3-28,55-56H,1-2H3,(H,49,57)(H,50,58). The molecule has 8 aromatic carbocycles. The van der Waals surface area contributed by atoms with Gasteiger partial charge in [0.25, 0.3) is 11.8 Å². The third kappa shape index (κ3) is 7.93. The van der Waals surface area contributed by atoms with E-state index >= 15 is 0 Å². The summed E-state index contributed by atoms with van der Waals surface area (Å²) in [7, 11) is 3.03. The number of amides is 2. The van der Waals surface area contributed by atoms with Crippen LogP contribution in [0.3, 0.4) is 0 Å². The average Bonchev–Trinajstić information content (AvgIpc) is 3.28. The number of phenols is 2. The molecule has 0 saturated heterocycles. The molecule has 0 aliphatic heterocycles. The summed E-state index contributed by atoms with van der Waals surface area (Å²) in [6.07, 6.45) is 0. The van der Waals surface area contributed by atoms with Crippen molar-refractivity contribution in [2.45, 2.75) is 0 Å². The van der Waals surface area contributed by atoms with E-state index in [1.807, 2.05) is 60.7 Å². The highest BCUT2D eigenvalue weighted by molar-refractivity contribution is 6.13. The molecule has 0 heterocycles. The molecule has 0 atom stereocenters. The maximum atomic E-state index is 13.3. The van der Waals surface area contributed by atoms with Crippen LogP contribution in [0.25, 0.3) is 32.7 Å². The van der Waals surface area contributed by atoms with E-state index in [-0.39, 0.29) is 34.0 Å². The fourth-order valence-electron chi connectivity index (χ4n) is 6.71. The SMILES string of the molecule is COc1cc(-c2ccc(N=Nc3c(O)c(C(=O)Nc4ccccc4)cc4ccccc34)c(OC)c2)ccc1N=Nc1c(O)c(C(=O)Nc2ccccc2)cc2ccccc12. The van der Waals surface area contributed by atoms with Gasteiger partial charge in [-0.2, -0.15) is 0 Å². The van der Waals surface area contributed by atoms with Gasteiger partial charge in [-0.1, -0.05) is 97.1 Å². The quantitative estimate of drug-likeness (QED) is 0.0951. The van der Waals surface area contributed by atoms with Crippen molar-refractivity contribution in [2.24, 2.45) is 20.5 Å². The van der Waals surface area contributed by atoms with Crippen LogP contribution < -0.4 is 20.1 Å². The third-order valence-electron chi connectivity index (χ3n) is 9.75. The zero-order valence-electron chi connectivity index (χ0n) is 32.3. The third-order valence-corrected chi connectivity index (χ3v) is 9.75. The van der Waals surface area contributed by atoms with Crippen LogP contribution in [-0.4, -0.2) is 36.2 Å². The molecule has 0 radical (unpaired) electrons. The molecular formula is C48H36N6O6. The van der Waals surface area contributed by atoms with Gasteiger partial charge in [0.05, 0.1) is 25.3 Å². The molecule has 0 aliphatic rings. The summed E-state index contributed by atoms with van der Waals surface area (Å²) in [6.45, 7) is 0. The van der Waals surface area contributed by atoms with Crippen LogP contribution in [0.1, 0.15) is 20.7 Å². The Labute approximate surface area is 344 Å². The van der Waals surface area contributed by atoms with Gasteiger partial charge in [0.2, 0.25) is 0 Å². The summed E-state index contributed by atoms with van der Waals surface area (Å²) in [5.74, 6) is -0.796. The molecule has 60 heavy (non-hydrogen) atoms. The summed E-state index contributed by atoms with van der Waals surface area (Å²) in [6, 6.07) is 46.5. The fraction of sp³-hybridized carbons (Fsp3) is 0.0417. The molecule has 2 amide bonds. The van der Waals surface area contributed by atoms with Gasteiger partial charge in [0, 0.05) is 22.1 Å². The topological polar surface area (TPSA) is 167 Å². The summed E-state index contributed by atoms with van der Waals surface area (Å²) >= 11 is 0. The van der Waals surface area contributed by atoms with Crippen molar-refractivity contribution in [1.29, 1.82) is 0 Å². The first kappa shape index (κ1) is 38.5. The minimum absolute atomic E-state index is 0.0515. The van der Waals surface area contributed by atoms with Crippen LogP contribution in [0.4, 0.5) is 34.1 Å². The Balaban J connectivity index is 1.08. The maximum absolute atomic E-state index is 13.3. The number of methoxy groups -OCH3 is 2. The molecule has 12 heteroatoms. The lowest BCUT2D eigenvalue weighted by Crippen LogP contribution is -2.12. The number of nitrogens with zero attached hydrogens (tertiary/aromatic N) is 4. The zero-order valence-corrected chi connectivity index (χ0v) is 32.3. The van der Waals surface area contributed by atoms with Crippen LogP contribution in [0, 0.1) is 0 Å². The van der Waals surface area contributed by atoms with Crippen molar-refractivity contribution in [3.63, 3.8) is 0 Å². The molecule has 0 fully saturated rings. The molecule has 4 N–H and O–H groups in total. The van der Waals surface area contributed by atoms with Crippen molar-refractivity contribution >= 4 is 67.5 Å². The molecule has 294 valence electrons. The van der Waals surface area contributed by atoms with Gasteiger partial charge in [-0.3, -0.25) is 9.59 Å². The highest BCUT2D eigenvalue weighted by Gasteiger charge is 2.21. The van der Waals surface area contributed by atoms with E-state index in [2.05, 4.69) is 31.1 Å². The van der Waals surface area contributed by atoms with E-state index in [0.717, 1.165) is 11.1 Å². The lowest BCUT2D eigenvalue weighted by atomic mass is 10.0. The second kappa shape index (κ2) is 17.0. The van der Waals surface area contributed by atoms with Crippen molar-refractivity contribution in [3.8, 4) is 34.1 Å². The molecule has 8 aromatic rings. The number of anilines is 2. The van der Waals surface area contributed by atoms with Gasteiger partial charge in [-0.15, -0.1) is 20.5 Å². The van der Waals surface area contributed by atoms with E-state index in [9.17, 15) is 19.8 Å². The Hall–Kier alpha value is -8.38. The van der Waals surface area contributed by atoms with Crippen LogP contribution in [-0.2, 0) is 0 Å². The number of fused-ring (bicyclic) bond motifs is 2. The number of benzene rings is 8. The first-order valence-corrected chi connectivity index (χ1v) is 18.7. The molecule has 0 bridgehead atoms. The van der Waals surface area contributed by atoms with Gasteiger partial charge in [-0.25, -0.2) is 0 Å². The lowest BCUT2D eigenvalue weighted by molar-refractivity contribution is 0.101. The Morgan fingerprint density at radius 3 is 1.25 bits per heavy atom. The van der Waals surface area contributed by atoms with E-state index < -0.39 is 11.8 Å². The van der Waals surface area contributed by atoms with E-state index in [4.69, 9.17) is 9.47 Å². The molecule has 0 unspecified atom stereocenters. The van der Waals surface area contributed by atoms with Gasteiger partial charge in [0.15, 0.2) is 11.5 Å². The van der Waals surface area contributed by atoms with Gasteiger partial charge in [0.1, 0.15) is 34.2 Å². The minimum atomic E-state index is -0.491. The van der Waals surface area contributed by atoms with E-state index in [1.54, 1.807) is 97.1 Å². The van der Waals surface area contributed by atoms with Crippen LogP contribution in [0.15, 0.2) is 178 Å². The number of phenolic OH excluding ortho intramolecular Hbond substituents is 2. The smallest absolute Gasteiger partial charge is 0.259 e. The van der Waals surface area contributed by atoms with E-state index in [1.165, 1.54) is 14.2 Å². The predicted octanol–water partition coefficient (Wildman–Crippen LogP) is 12.4. The summed E-state index contributed by atoms with van der Waals surface area (Å²) in [5, 5.41) is 48.8. The monoisotopic (exact) mass is 792 g/mol. The number of hydrogen-bond acceptors (Lipinski definition) is 10. The van der Waals surface area contributed by atoms with Gasteiger partial charge in [-0.05, 0) is 82.6 Å². The lowest BCUT2D eigenvalue weighted by Gasteiger charge is -2.12. The number of hydrogen-bond donors (Lipinski definition) is 4. The molecule has 0 aliphatic carbocycles. The second-order valence-corrected chi connectivity index (χ2v) is 13.5. The van der Waals surface area contributed by atoms with Crippen LogP contribution in [0.2, 0.25) is 0 Å².